The molecule has 3 fully saturated rings. The molecule has 2 aromatic heterocycles. The van der Waals surface area contributed by atoms with Crippen LogP contribution in [0.15, 0.2) is 36.8 Å². The Labute approximate surface area is 211 Å². The summed E-state index contributed by atoms with van der Waals surface area (Å²) >= 11 is 0. The van der Waals surface area contributed by atoms with Crippen molar-refractivity contribution >= 4 is 17.3 Å². The lowest BCUT2D eigenvalue weighted by Gasteiger charge is -2.34. The maximum Gasteiger partial charge on any atom is 0.297 e. The Kier molecular flexibility index (Phi) is 5.57. The van der Waals surface area contributed by atoms with E-state index in [1.54, 1.807) is 11.0 Å². The van der Waals surface area contributed by atoms with E-state index in [4.69, 9.17) is 0 Å². The van der Waals surface area contributed by atoms with Crippen LogP contribution in [0.25, 0.3) is 16.9 Å². The molecule has 0 bridgehead atoms. The van der Waals surface area contributed by atoms with E-state index >= 15 is 0 Å². The number of alkyl halides is 2. The standard InChI is InChI=1S/C25H26F3N7O2/c26-18-15-29-23(33-12-8-25(27,28)9-13-33)31-21(18)17-14-30-34(16-17)22-19(2-1-3-20(22)35(36)37)32-10-6-24(4-5-24)7-11-32/h1-3,14-16H,4-13H2. The van der Waals surface area contributed by atoms with Crippen molar-refractivity contribution in [2.24, 2.45) is 5.41 Å². The minimum atomic E-state index is -2.73. The Hall–Kier alpha value is -3.70. The highest BCUT2D eigenvalue weighted by Gasteiger charge is 2.45. The minimum absolute atomic E-state index is 0.0395. The van der Waals surface area contributed by atoms with Crippen LogP contribution in [0.4, 0.5) is 30.5 Å². The summed E-state index contributed by atoms with van der Waals surface area (Å²) in [5.41, 5.74) is 1.64. The highest BCUT2D eigenvalue weighted by molar-refractivity contribution is 5.73. The van der Waals surface area contributed by atoms with Gasteiger partial charge in [-0.25, -0.2) is 27.8 Å². The maximum absolute atomic E-state index is 14.8. The number of rotatable bonds is 5. The number of hydrogen-bond donors (Lipinski definition) is 0. The van der Waals surface area contributed by atoms with E-state index in [0.717, 1.165) is 32.1 Å². The van der Waals surface area contributed by atoms with Crippen molar-refractivity contribution in [3.63, 3.8) is 0 Å². The van der Waals surface area contributed by atoms with E-state index in [1.165, 1.54) is 36.0 Å². The molecule has 12 heteroatoms. The topological polar surface area (TPSA) is 93.2 Å². The summed E-state index contributed by atoms with van der Waals surface area (Å²) in [5.74, 6) is -3.26. The highest BCUT2D eigenvalue weighted by atomic mass is 19.3. The van der Waals surface area contributed by atoms with Gasteiger partial charge in [0.15, 0.2) is 11.5 Å². The number of nitrogens with zero attached hydrogens (tertiary/aromatic N) is 7. The van der Waals surface area contributed by atoms with Gasteiger partial charge in [0.05, 0.1) is 23.0 Å². The van der Waals surface area contributed by atoms with E-state index in [2.05, 4.69) is 20.0 Å². The minimum Gasteiger partial charge on any atom is -0.370 e. The zero-order valence-electron chi connectivity index (χ0n) is 20.1. The lowest BCUT2D eigenvalue weighted by Crippen LogP contribution is -2.40. The molecule has 37 heavy (non-hydrogen) atoms. The Morgan fingerprint density at radius 3 is 2.32 bits per heavy atom. The number of halogens is 3. The van der Waals surface area contributed by atoms with Crippen molar-refractivity contribution in [3.8, 4) is 16.9 Å². The van der Waals surface area contributed by atoms with Crippen LogP contribution in [-0.4, -0.2) is 56.8 Å². The van der Waals surface area contributed by atoms with Crippen LogP contribution in [-0.2, 0) is 0 Å². The van der Waals surface area contributed by atoms with Gasteiger partial charge in [-0.3, -0.25) is 10.1 Å². The number of nitro benzene ring substituents is 1. The van der Waals surface area contributed by atoms with Crippen molar-refractivity contribution in [2.45, 2.75) is 44.4 Å². The van der Waals surface area contributed by atoms with Crippen molar-refractivity contribution in [2.75, 3.05) is 36.0 Å². The first kappa shape index (κ1) is 23.7. The average molecular weight is 514 g/mol. The van der Waals surface area contributed by atoms with Crippen LogP contribution < -0.4 is 9.80 Å². The SMILES string of the molecule is O=[N+]([O-])c1cccc(N2CCC3(CC2)CC3)c1-n1cc(-c2nc(N3CCC(F)(F)CC3)ncc2F)cn1. The summed E-state index contributed by atoms with van der Waals surface area (Å²) in [5, 5.41) is 16.3. The Morgan fingerprint density at radius 2 is 1.65 bits per heavy atom. The second-order valence-corrected chi connectivity index (χ2v) is 10.3. The summed E-state index contributed by atoms with van der Waals surface area (Å²) in [7, 11) is 0. The van der Waals surface area contributed by atoms with Gasteiger partial charge in [0, 0.05) is 56.8 Å². The first-order chi connectivity index (χ1) is 17.7. The van der Waals surface area contributed by atoms with Crippen LogP contribution in [0.2, 0.25) is 0 Å². The molecule has 1 saturated carbocycles. The molecule has 1 spiro atoms. The molecule has 4 heterocycles. The van der Waals surface area contributed by atoms with Crippen LogP contribution >= 0.6 is 0 Å². The van der Waals surface area contributed by atoms with Crippen molar-refractivity contribution in [3.05, 3.63) is 52.7 Å². The van der Waals surface area contributed by atoms with Crippen molar-refractivity contribution < 1.29 is 18.1 Å². The molecule has 2 aliphatic heterocycles. The van der Waals surface area contributed by atoms with Crippen LogP contribution in [0.3, 0.4) is 0 Å². The summed E-state index contributed by atoms with van der Waals surface area (Å²) < 4.78 is 43.3. The summed E-state index contributed by atoms with van der Waals surface area (Å²) in [6.45, 7) is 1.74. The molecule has 0 atom stereocenters. The first-order valence-electron chi connectivity index (χ1n) is 12.5. The number of benzene rings is 1. The maximum atomic E-state index is 14.8. The second kappa shape index (κ2) is 8.70. The predicted molar refractivity (Wildman–Crippen MR) is 131 cm³/mol. The third kappa shape index (κ3) is 4.49. The molecule has 0 N–H and O–H groups in total. The van der Waals surface area contributed by atoms with Gasteiger partial charge in [0.25, 0.3) is 11.6 Å². The fourth-order valence-electron chi connectivity index (χ4n) is 5.37. The Balaban J connectivity index is 1.33. The van der Waals surface area contributed by atoms with E-state index < -0.39 is 16.7 Å². The molecule has 194 valence electrons. The van der Waals surface area contributed by atoms with Gasteiger partial charge in [0.2, 0.25) is 5.95 Å². The van der Waals surface area contributed by atoms with E-state index in [9.17, 15) is 23.3 Å². The molecular weight excluding hydrogens is 487 g/mol. The Bertz CT molecular complexity index is 1340. The molecule has 1 aromatic carbocycles. The van der Waals surface area contributed by atoms with Crippen LogP contribution in [0, 0.1) is 21.3 Å². The van der Waals surface area contributed by atoms with Gasteiger partial charge in [-0.1, -0.05) is 6.07 Å². The van der Waals surface area contributed by atoms with Gasteiger partial charge < -0.3 is 9.80 Å². The third-order valence-corrected chi connectivity index (χ3v) is 7.91. The normalized spacial score (nSPS) is 20.3. The van der Waals surface area contributed by atoms with Gasteiger partial charge in [-0.2, -0.15) is 5.10 Å². The van der Waals surface area contributed by atoms with Crippen molar-refractivity contribution in [1.82, 2.24) is 19.7 Å². The number of anilines is 2. The van der Waals surface area contributed by atoms with E-state index in [-0.39, 0.29) is 43.3 Å². The summed E-state index contributed by atoms with van der Waals surface area (Å²) in [6, 6.07) is 4.95. The lowest BCUT2D eigenvalue weighted by atomic mass is 9.93. The molecule has 2 saturated heterocycles. The van der Waals surface area contributed by atoms with Crippen LogP contribution in [0.1, 0.15) is 38.5 Å². The molecule has 0 radical (unpaired) electrons. The Morgan fingerprint density at radius 1 is 0.946 bits per heavy atom. The van der Waals surface area contributed by atoms with Gasteiger partial charge in [0.1, 0.15) is 5.69 Å². The summed E-state index contributed by atoms with van der Waals surface area (Å²) in [6.07, 6.45) is 7.88. The molecule has 1 aliphatic carbocycles. The first-order valence-corrected chi connectivity index (χ1v) is 12.5. The molecular formula is C25H26F3N7O2. The van der Waals surface area contributed by atoms with Crippen LogP contribution in [0.5, 0.6) is 0 Å². The molecule has 3 aromatic rings. The number of para-hydroxylation sites is 1. The second-order valence-electron chi connectivity index (χ2n) is 10.3. The smallest absolute Gasteiger partial charge is 0.297 e. The van der Waals surface area contributed by atoms with E-state index in [1.807, 2.05) is 6.07 Å². The molecule has 0 unspecified atom stereocenters. The number of aromatic nitrogens is 4. The zero-order chi connectivity index (χ0) is 25.8. The quantitative estimate of drug-likeness (QED) is 0.350. The highest BCUT2D eigenvalue weighted by Crippen LogP contribution is 2.54. The molecule has 3 aliphatic rings. The number of hydrogen-bond acceptors (Lipinski definition) is 7. The third-order valence-electron chi connectivity index (χ3n) is 7.91. The molecule has 6 rings (SSSR count). The van der Waals surface area contributed by atoms with Gasteiger partial charge in [-0.15, -0.1) is 0 Å². The zero-order valence-corrected chi connectivity index (χ0v) is 20.1. The summed E-state index contributed by atoms with van der Waals surface area (Å²) in [4.78, 5) is 23.6. The molecule has 9 nitrogen and oxygen atoms in total. The largest absolute Gasteiger partial charge is 0.370 e. The fraction of sp³-hybridized carbons (Fsp3) is 0.480. The van der Waals surface area contributed by atoms with E-state index in [0.29, 0.717) is 22.4 Å². The fourth-order valence-corrected chi connectivity index (χ4v) is 5.37. The van der Waals surface area contributed by atoms with Gasteiger partial charge in [-0.05, 0) is 37.2 Å². The van der Waals surface area contributed by atoms with Crippen molar-refractivity contribution in [1.29, 1.82) is 0 Å². The number of piperidine rings is 2. The number of nitro groups is 1. The molecule has 0 amide bonds. The monoisotopic (exact) mass is 513 g/mol. The lowest BCUT2D eigenvalue weighted by molar-refractivity contribution is -0.384. The average Bonchev–Trinajstić information content (AvgIpc) is 3.45. The predicted octanol–water partition coefficient (Wildman–Crippen LogP) is 4.99. The van der Waals surface area contributed by atoms with Gasteiger partial charge >= 0.3 is 0 Å².